The smallest absolute Gasteiger partial charge is 0.248 e. The highest BCUT2D eigenvalue weighted by atomic mass is 16.5. The van der Waals surface area contributed by atoms with E-state index in [4.69, 9.17) is 26.3 Å². The number of carbonyl (C=O) groups excluding carboxylic acids is 1. The van der Waals surface area contributed by atoms with E-state index in [1.807, 2.05) is 0 Å². The number of hydrogen-bond acceptors (Lipinski definition) is 6. The second-order valence-electron chi connectivity index (χ2n) is 3.49. The molecule has 20 heavy (non-hydrogen) atoms. The molecule has 0 aliphatic rings. The van der Waals surface area contributed by atoms with Crippen LogP contribution < -0.4 is 15.8 Å². The molecule has 1 amide bonds. The van der Waals surface area contributed by atoms with Crippen molar-refractivity contribution in [2.75, 3.05) is 12.4 Å². The van der Waals surface area contributed by atoms with E-state index in [0.29, 0.717) is 5.69 Å². The molecule has 0 bridgehead atoms. The fourth-order valence-corrected chi connectivity index (χ4v) is 1.37. The predicted molar refractivity (Wildman–Crippen MR) is 69.0 cm³/mol. The molecule has 0 fully saturated rings. The third kappa shape index (κ3) is 3.04. The number of benzene rings is 1. The van der Waals surface area contributed by atoms with Crippen LogP contribution in [0, 0.1) is 34.0 Å². The van der Waals surface area contributed by atoms with Gasteiger partial charge in [0.25, 0.3) is 0 Å². The Morgan fingerprint density at radius 1 is 1.25 bits per heavy atom. The lowest BCUT2D eigenvalue weighted by Gasteiger charge is -2.11. The summed E-state index contributed by atoms with van der Waals surface area (Å²) in [6.45, 7) is 0. The van der Waals surface area contributed by atoms with Crippen LogP contribution in [0.25, 0.3) is 0 Å². The van der Waals surface area contributed by atoms with Gasteiger partial charge >= 0.3 is 0 Å². The number of anilines is 1. The molecule has 98 valence electrons. The van der Waals surface area contributed by atoms with E-state index in [-0.39, 0.29) is 22.6 Å². The zero-order chi connectivity index (χ0) is 15.1. The van der Waals surface area contributed by atoms with Crippen LogP contribution in [0.4, 0.5) is 5.69 Å². The van der Waals surface area contributed by atoms with Gasteiger partial charge in [-0.1, -0.05) is 0 Å². The first-order chi connectivity index (χ1) is 9.57. The van der Waals surface area contributed by atoms with Gasteiger partial charge in [0.05, 0.1) is 12.8 Å². The summed E-state index contributed by atoms with van der Waals surface area (Å²) >= 11 is 0. The highest BCUT2D eigenvalue weighted by Crippen LogP contribution is 2.27. The fraction of sp³-hybridized carbons (Fsp3) is 0.0769. The number of amides is 1. The van der Waals surface area contributed by atoms with Crippen molar-refractivity contribution in [3.05, 3.63) is 35.0 Å². The number of allylic oxidation sites excluding steroid dienone is 2. The van der Waals surface area contributed by atoms with E-state index in [2.05, 4.69) is 5.32 Å². The van der Waals surface area contributed by atoms with Gasteiger partial charge in [0, 0.05) is 5.56 Å². The Kier molecular flexibility index (Phi) is 4.69. The summed E-state index contributed by atoms with van der Waals surface area (Å²) in [5.41, 5.74) is 5.14. The van der Waals surface area contributed by atoms with Gasteiger partial charge < -0.3 is 15.8 Å². The Bertz CT molecular complexity index is 685. The SMILES string of the molecule is COc1cc(C(N)=O)ccc1NC(C#N)=C(C#N)C#N. The largest absolute Gasteiger partial charge is 0.495 e. The summed E-state index contributed by atoms with van der Waals surface area (Å²) < 4.78 is 5.06. The Morgan fingerprint density at radius 3 is 2.35 bits per heavy atom. The quantitative estimate of drug-likeness (QED) is 0.782. The Labute approximate surface area is 115 Å². The molecule has 0 atom stereocenters. The molecule has 0 saturated heterocycles. The van der Waals surface area contributed by atoms with Crippen LogP contribution in [0.2, 0.25) is 0 Å². The van der Waals surface area contributed by atoms with E-state index < -0.39 is 5.91 Å². The molecule has 1 aromatic carbocycles. The van der Waals surface area contributed by atoms with Crippen molar-refractivity contribution >= 4 is 11.6 Å². The van der Waals surface area contributed by atoms with Crippen molar-refractivity contribution in [2.24, 2.45) is 5.73 Å². The molecule has 1 aromatic rings. The van der Waals surface area contributed by atoms with E-state index in [9.17, 15) is 4.79 Å². The van der Waals surface area contributed by atoms with Crippen LogP contribution in [0.15, 0.2) is 29.5 Å². The lowest BCUT2D eigenvalue weighted by molar-refractivity contribution is 0.1000. The Morgan fingerprint density at radius 2 is 1.90 bits per heavy atom. The monoisotopic (exact) mass is 267 g/mol. The number of primary amides is 1. The zero-order valence-electron chi connectivity index (χ0n) is 10.5. The van der Waals surface area contributed by atoms with Gasteiger partial charge in [-0.25, -0.2) is 0 Å². The standard InChI is InChI=1S/C13H9N5O2/c1-20-12-4-8(13(17)19)2-3-10(12)18-11(7-16)9(5-14)6-15/h2-4,18H,1H3,(H2,17,19). The van der Waals surface area contributed by atoms with Gasteiger partial charge in [0.1, 0.15) is 29.7 Å². The molecule has 0 aromatic heterocycles. The minimum atomic E-state index is -0.624. The zero-order valence-corrected chi connectivity index (χ0v) is 10.5. The maximum Gasteiger partial charge on any atom is 0.248 e. The van der Waals surface area contributed by atoms with Gasteiger partial charge in [-0.15, -0.1) is 0 Å². The third-order valence-corrected chi connectivity index (χ3v) is 2.33. The van der Waals surface area contributed by atoms with Crippen LogP contribution >= 0.6 is 0 Å². The maximum atomic E-state index is 11.1. The fourth-order valence-electron chi connectivity index (χ4n) is 1.37. The number of nitrogens with zero attached hydrogens (tertiary/aromatic N) is 3. The second-order valence-corrected chi connectivity index (χ2v) is 3.49. The average Bonchev–Trinajstić information content (AvgIpc) is 2.47. The van der Waals surface area contributed by atoms with Crippen molar-refractivity contribution in [1.82, 2.24) is 0 Å². The van der Waals surface area contributed by atoms with Crippen LogP contribution in [-0.2, 0) is 0 Å². The molecular formula is C13H9N5O2. The minimum absolute atomic E-state index is 0.208. The summed E-state index contributed by atoms with van der Waals surface area (Å²) in [6, 6.07) is 9.21. The highest BCUT2D eigenvalue weighted by Gasteiger charge is 2.11. The molecule has 0 saturated carbocycles. The molecule has 3 N–H and O–H groups in total. The molecule has 1 rings (SSSR count). The maximum absolute atomic E-state index is 11.1. The Hall–Kier alpha value is -3.50. The minimum Gasteiger partial charge on any atom is -0.495 e. The second kappa shape index (κ2) is 6.44. The number of nitrogens with two attached hydrogens (primary N) is 1. The summed E-state index contributed by atoms with van der Waals surface area (Å²) in [5, 5.41) is 29.0. The van der Waals surface area contributed by atoms with E-state index in [1.165, 1.54) is 25.3 Å². The van der Waals surface area contributed by atoms with Crippen molar-refractivity contribution in [3.8, 4) is 24.0 Å². The first-order valence-electron chi connectivity index (χ1n) is 5.26. The highest BCUT2D eigenvalue weighted by molar-refractivity contribution is 5.94. The van der Waals surface area contributed by atoms with Crippen LogP contribution in [0.5, 0.6) is 5.75 Å². The summed E-state index contributed by atoms with van der Waals surface area (Å²) in [4.78, 5) is 11.1. The van der Waals surface area contributed by atoms with E-state index in [0.717, 1.165) is 0 Å². The number of nitrogens with one attached hydrogen (secondary N) is 1. The first kappa shape index (κ1) is 14.6. The lowest BCUT2D eigenvalue weighted by Crippen LogP contribution is -2.11. The topological polar surface area (TPSA) is 136 Å². The summed E-state index contributed by atoms with van der Waals surface area (Å²) in [6.07, 6.45) is 0. The van der Waals surface area contributed by atoms with Gasteiger partial charge in [-0.2, -0.15) is 15.8 Å². The normalized spacial score (nSPS) is 8.50. The summed E-state index contributed by atoms with van der Waals surface area (Å²) in [5.74, 6) is -0.370. The van der Waals surface area contributed by atoms with E-state index >= 15 is 0 Å². The van der Waals surface area contributed by atoms with Crippen molar-refractivity contribution in [1.29, 1.82) is 15.8 Å². The predicted octanol–water partition coefficient (Wildman–Crippen LogP) is 1.03. The molecule has 0 radical (unpaired) electrons. The van der Waals surface area contributed by atoms with E-state index in [1.54, 1.807) is 18.2 Å². The number of ether oxygens (including phenoxy) is 1. The molecule has 0 unspecified atom stereocenters. The molecule has 7 heteroatoms. The summed E-state index contributed by atoms with van der Waals surface area (Å²) in [7, 11) is 1.37. The van der Waals surface area contributed by atoms with Crippen LogP contribution in [0.3, 0.4) is 0 Å². The van der Waals surface area contributed by atoms with Crippen molar-refractivity contribution in [2.45, 2.75) is 0 Å². The first-order valence-corrected chi connectivity index (χ1v) is 5.26. The number of hydrogen-bond donors (Lipinski definition) is 2. The molecule has 0 aliphatic carbocycles. The van der Waals surface area contributed by atoms with Crippen molar-refractivity contribution in [3.63, 3.8) is 0 Å². The molecule has 0 heterocycles. The molecule has 0 aliphatic heterocycles. The number of carbonyl (C=O) groups is 1. The third-order valence-electron chi connectivity index (χ3n) is 2.33. The number of methoxy groups -OCH3 is 1. The number of nitriles is 3. The lowest BCUT2D eigenvalue weighted by atomic mass is 10.1. The molecule has 0 spiro atoms. The number of rotatable bonds is 4. The van der Waals surface area contributed by atoms with Crippen LogP contribution in [-0.4, -0.2) is 13.0 Å². The average molecular weight is 267 g/mol. The van der Waals surface area contributed by atoms with Gasteiger partial charge in [0.15, 0.2) is 5.57 Å². The molecule has 7 nitrogen and oxygen atoms in total. The molecular weight excluding hydrogens is 258 g/mol. The van der Waals surface area contributed by atoms with Gasteiger partial charge in [-0.05, 0) is 18.2 Å². The van der Waals surface area contributed by atoms with Gasteiger partial charge in [0.2, 0.25) is 5.91 Å². The van der Waals surface area contributed by atoms with Crippen molar-refractivity contribution < 1.29 is 9.53 Å². The van der Waals surface area contributed by atoms with Crippen LogP contribution in [0.1, 0.15) is 10.4 Å². The van der Waals surface area contributed by atoms with Gasteiger partial charge in [-0.3, -0.25) is 4.79 Å². The Balaban J connectivity index is 3.27.